The van der Waals surface area contributed by atoms with Crippen LogP contribution < -0.4 is 9.47 Å². The van der Waals surface area contributed by atoms with Gasteiger partial charge in [-0.1, -0.05) is 11.8 Å². The topological polar surface area (TPSA) is 107 Å². The number of carbonyl (C=O) groups excluding carboxylic acids is 3. The van der Waals surface area contributed by atoms with Crippen molar-refractivity contribution in [3.63, 3.8) is 0 Å². The van der Waals surface area contributed by atoms with Crippen LogP contribution in [0.15, 0.2) is 45.6 Å². The molecule has 0 spiro atoms. The number of nitrogens with zero attached hydrogens (tertiary/aromatic N) is 3. The number of amides is 1. The Bertz CT molecular complexity index is 1190. The number of rotatable bonds is 8. The van der Waals surface area contributed by atoms with Crippen molar-refractivity contribution >= 4 is 34.8 Å². The van der Waals surface area contributed by atoms with Crippen molar-refractivity contribution in [2.75, 3.05) is 41.0 Å². The van der Waals surface area contributed by atoms with E-state index >= 15 is 0 Å². The first kappa shape index (κ1) is 27.6. The van der Waals surface area contributed by atoms with Crippen LogP contribution in [0.4, 0.5) is 0 Å². The minimum absolute atomic E-state index is 0.0899. The van der Waals surface area contributed by atoms with Gasteiger partial charge in [0.1, 0.15) is 11.5 Å². The molecule has 3 aliphatic heterocycles. The van der Waals surface area contributed by atoms with Gasteiger partial charge in [0.25, 0.3) is 0 Å². The van der Waals surface area contributed by atoms with E-state index in [4.69, 9.17) is 18.9 Å². The predicted octanol–water partition coefficient (Wildman–Crippen LogP) is 3.64. The van der Waals surface area contributed by atoms with E-state index in [0.717, 1.165) is 12.0 Å². The van der Waals surface area contributed by atoms with E-state index in [1.54, 1.807) is 39.0 Å². The maximum atomic E-state index is 13.4. The minimum atomic E-state index is -0.610. The molecule has 0 aliphatic carbocycles. The molecule has 0 bridgehead atoms. The van der Waals surface area contributed by atoms with E-state index < -0.39 is 12.0 Å². The maximum absolute atomic E-state index is 13.4. The van der Waals surface area contributed by atoms with Crippen LogP contribution in [0.2, 0.25) is 0 Å². The maximum Gasteiger partial charge on any atom is 0.338 e. The zero-order chi connectivity index (χ0) is 27.4. The van der Waals surface area contributed by atoms with Gasteiger partial charge in [0, 0.05) is 24.9 Å². The standard InChI is InChI=1S/C27H33N3O7S/c1-6-37-25(32)17-8-7-9-29(14-17)22(31)12-19-15-38-27-28-16(2)23(26(33)36-5)24(30(19)27)18-10-20(34-3)13-21(11-18)35-4/h10-11,13,15,17,24H,6-9,12,14H2,1-5H3. The first-order valence-electron chi connectivity index (χ1n) is 12.5. The lowest BCUT2D eigenvalue weighted by Crippen LogP contribution is -2.44. The van der Waals surface area contributed by atoms with Gasteiger partial charge in [0.15, 0.2) is 5.17 Å². The lowest BCUT2D eigenvalue weighted by Gasteiger charge is -2.37. The molecule has 1 fully saturated rings. The number of esters is 2. The van der Waals surface area contributed by atoms with Gasteiger partial charge in [-0.15, -0.1) is 0 Å². The summed E-state index contributed by atoms with van der Waals surface area (Å²) in [5.74, 6) is -0.0521. The molecule has 0 aromatic heterocycles. The number of allylic oxidation sites excluding steroid dienone is 1. The molecule has 2 atom stereocenters. The van der Waals surface area contributed by atoms with E-state index in [2.05, 4.69) is 4.99 Å². The average Bonchev–Trinajstić information content (AvgIpc) is 3.33. The second-order valence-electron chi connectivity index (χ2n) is 9.14. The van der Waals surface area contributed by atoms with Gasteiger partial charge >= 0.3 is 11.9 Å². The fourth-order valence-corrected chi connectivity index (χ4v) is 5.93. The number of methoxy groups -OCH3 is 3. The lowest BCUT2D eigenvalue weighted by atomic mass is 9.93. The van der Waals surface area contributed by atoms with Crippen LogP contribution in [-0.2, 0) is 23.9 Å². The van der Waals surface area contributed by atoms with Crippen LogP contribution >= 0.6 is 11.8 Å². The van der Waals surface area contributed by atoms with Gasteiger partial charge in [0.05, 0.1) is 57.6 Å². The third-order valence-electron chi connectivity index (χ3n) is 6.82. The SMILES string of the molecule is CCOC(=O)C1CCCN(C(=O)CC2=CSC3=NC(C)=C(C(=O)OC)C(c4cc(OC)cc(OC)c4)N23)C1. The Hall–Kier alpha value is -3.47. The third kappa shape index (κ3) is 5.52. The molecule has 10 nitrogen and oxygen atoms in total. The van der Waals surface area contributed by atoms with Crippen molar-refractivity contribution < 1.29 is 33.3 Å². The van der Waals surface area contributed by atoms with Gasteiger partial charge in [-0.2, -0.15) is 0 Å². The van der Waals surface area contributed by atoms with Crippen LogP contribution in [0.5, 0.6) is 11.5 Å². The zero-order valence-corrected chi connectivity index (χ0v) is 23.1. The number of hydrogen-bond donors (Lipinski definition) is 0. The smallest absolute Gasteiger partial charge is 0.338 e. The van der Waals surface area contributed by atoms with E-state index in [0.29, 0.717) is 59.8 Å². The zero-order valence-electron chi connectivity index (χ0n) is 22.3. The van der Waals surface area contributed by atoms with E-state index in [1.165, 1.54) is 18.9 Å². The molecule has 1 saturated heterocycles. The molecule has 0 N–H and O–H groups in total. The summed E-state index contributed by atoms with van der Waals surface area (Å²) in [6, 6.07) is 4.82. The number of benzene rings is 1. The summed E-state index contributed by atoms with van der Waals surface area (Å²) in [4.78, 5) is 47.0. The van der Waals surface area contributed by atoms with Crippen LogP contribution in [0.1, 0.15) is 44.7 Å². The highest BCUT2D eigenvalue weighted by Crippen LogP contribution is 2.46. The second kappa shape index (κ2) is 11.9. The van der Waals surface area contributed by atoms with Crippen LogP contribution in [-0.4, -0.2) is 73.8 Å². The number of carbonyl (C=O) groups is 3. The number of fused-ring (bicyclic) bond motifs is 1. The fraction of sp³-hybridized carbons (Fsp3) is 0.481. The predicted molar refractivity (Wildman–Crippen MR) is 143 cm³/mol. The normalized spacial score (nSPS) is 20.9. The van der Waals surface area contributed by atoms with Crippen LogP contribution in [0.25, 0.3) is 0 Å². The Kier molecular flexibility index (Phi) is 8.65. The Morgan fingerprint density at radius 1 is 1.11 bits per heavy atom. The Balaban J connectivity index is 1.65. The van der Waals surface area contributed by atoms with Crippen molar-refractivity contribution in [1.29, 1.82) is 0 Å². The third-order valence-corrected chi connectivity index (χ3v) is 7.71. The molecule has 204 valence electrons. The molecule has 38 heavy (non-hydrogen) atoms. The summed E-state index contributed by atoms with van der Waals surface area (Å²) < 4.78 is 21.3. The molecular weight excluding hydrogens is 510 g/mol. The van der Waals surface area contributed by atoms with Gasteiger partial charge in [-0.3, -0.25) is 9.59 Å². The van der Waals surface area contributed by atoms with Crippen molar-refractivity contribution in [2.24, 2.45) is 10.9 Å². The second-order valence-corrected chi connectivity index (χ2v) is 9.97. The molecule has 0 saturated carbocycles. The Morgan fingerprint density at radius 3 is 2.45 bits per heavy atom. The monoisotopic (exact) mass is 543 g/mol. The van der Waals surface area contributed by atoms with Crippen molar-refractivity contribution in [3.8, 4) is 11.5 Å². The Morgan fingerprint density at radius 2 is 1.82 bits per heavy atom. The molecular formula is C27H33N3O7S. The molecule has 11 heteroatoms. The molecule has 1 aromatic carbocycles. The fourth-order valence-electron chi connectivity index (χ4n) is 4.97. The number of likely N-dealkylation sites (tertiary alicyclic amines) is 1. The number of amidine groups is 1. The number of aliphatic imine (C=N–C) groups is 1. The van der Waals surface area contributed by atoms with Gasteiger partial charge < -0.3 is 28.7 Å². The summed E-state index contributed by atoms with van der Waals surface area (Å²) >= 11 is 1.40. The van der Waals surface area contributed by atoms with Crippen LogP contribution in [0.3, 0.4) is 0 Å². The highest BCUT2D eigenvalue weighted by Gasteiger charge is 2.42. The lowest BCUT2D eigenvalue weighted by molar-refractivity contribution is -0.151. The number of piperidine rings is 1. The van der Waals surface area contributed by atoms with E-state index in [-0.39, 0.29) is 24.2 Å². The molecule has 0 radical (unpaired) electrons. The molecule has 2 unspecified atom stereocenters. The number of hydrogen-bond acceptors (Lipinski definition) is 10. The van der Waals surface area contributed by atoms with Crippen LogP contribution in [0, 0.1) is 5.92 Å². The largest absolute Gasteiger partial charge is 0.497 e. The summed E-state index contributed by atoms with van der Waals surface area (Å²) in [6.45, 7) is 4.78. The van der Waals surface area contributed by atoms with Crippen molar-refractivity contribution in [2.45, 2.75) is 39.2 Å². The van der Waals surface area contributed by atoms with E-state index in [9.17, 15) is 14.4 Å². The first-order chi connectivity index (χ1) is 18.3. The summed E-state index contributed by atoms with van der Waals surface area (Å²) in [7, 11) is 4.46. The number of ether oxygens (including phenoxy) is 4. The van der Waals surface area contributed by atoms with Crippen molar-refractivity contribution in [1.82, 2.24) is 9.80 Å². The van der Waals surface area contributed by atoms with Gasteiger partial charge in [-0.25, -0.2) is 9.79 Å². The molecule has 3 aliphatic rings. The first-order valence-corrected chi connectivity index (χ1v) is 13.4. The molecule has 3 heterocycles. The van der Waals surface area contributed by atoms with Gasteiger partial charge in [0.2, 0.25) is 5.91 Å². The molecule has 1 aromatic rings. The Labute approximate surface area is 226 Å². The average molecular weight is 544 g/mol. The molecule has 4 rings (SSSR count). The van der Waals surface area contributed by atoms with Gasteiger partial charge in [-0.05, 0) is 49.8 Å². The quantitative estimate of drug-likeness (QED) is 0.454. The number of thioether (sulfide) groups is 1. The summed E-state index contributed by atoms with van der Waals surface area (Å²) in [5.41, 5.74) is 2.34. The summed E-state index contributed by atoms with van der Waals surface area (Å²) in [5, 5.41) is 2.55. The highest BCUT2D eigenvalue weighted by molar-refractivity contribution is 8.16. The summed E-state index contributed by atoms with van der Waals surface area (Å²) in [6.07, 6.45) is 1.53. The highest BCUT2D eigenvalue weighted by atomic mass is 32.2. The van der Waals surface area contributed by atoms with Crippen molar-refractivity contribution in [3.05, 3.63) is 46.1 Å². The minimum Gasteiger partial charge on any atom is -0.497 e. The van der Waals surface area contributed by atoms with E-state index in [1.807, 2.05) is 22.4 Å². The molecule has 1 amide bonds.